The Labute approximate surface area is 261 Å². The number of benzene rings is 6. The standard InChI is InChI=1S/C39H30/c1-2-10-27(11-3-1)31-20-21-37-35(26-31)33-17-6-7-19-36(33)39(37)24-22-28-12-4-5-16-32(28)34-18-9-15-29-13-8-14-30(23-25-39)38(29)34/h1-21,26H,22-25H2/i1D,2D,3D,4D,5D,6D,7D,8D,9D,10D,11D,12D,13D,14D,15D,16D,17D,18D,19D,20D,21D,26D. The fourth-order valence-corrected chi connectivity index (χ4v) is 5.89. The molecule has 39 heavy (non-hydrogen) atoms. The molecule has 1 unspecified atom stereocenters. The molecule has 0 aromatic heterocycles. The van der Waals surface area contributed by atoms with Crippen LogP contribution in [0.5, 0.6) is 0 Å². The highest BCUT2D eigenvalue weighted by atomic mass is 14.5. The van der Waals surface area contributed by atoms with Gasteiger partial charge in [-0.2, -0.15) is 0 Å². The Morgan fingerprint density at radius 2 is 1.10 bits per heavy atom. The van der Waals surface area contributed by atoms with Gasteiger partial charge in [-0.25, -0.2) is 0 Å². The van der Waals surface area contributed by atoms with Crippen molar-refractivity contribution >= 4 is 10.8 Å². The molecule has 6 aromatic rings. The molecule has 0 radical (unpaired) electrons. The van der Waals surface area contributed by atoms with Gasteiger partial charge >= 0.3 is 0 Å². The summed E-state index contributed by atoms with van der Waals surface area (Å²) in [4.78, 5) is 0. The van der Waals surface area contributed by atoms with E-state index in [2.05, 4.69) is 0 Å². The first kappa shape index (κ1) is 9.65. The molecule has 0 saturated heterocycles. The van der Waals surface area contributed by atoms with E-state index in [0.29, 0.717) is 0 Å². The molecule has 1 atom stereocenters. The topological polar surface area (TPSA) is 0 Å². The maximum absolute atomic E-state index is 9.64. The Bertz CT molecular complexity index is 3020. The van der Waals surface area contributed by atoms with E-state index in [0.717, 1.165) is 0 Å². The van der Waals surface area contributed by atoms with Gasteiger partial charge < -0.3 is 0 Å². The van der Waals surface area contributed by atoms with E-state index < -0.39 is 149 Å². The fourth-order valence-electron chi connectivity index (χ4n) is 5.89. The second-order valence-electron chi connectivity index (χ2n) is 9.54. The average molecular weight is 521 g/mol. The SMILES string of the molecule is [2H]c1c([2H])c([2H])c(-c2c([2H])c([2H])c3c(c2[2H])-c2c([2H])c([2H])c([2H])c([2H])c2C32CCc3c([2H])c([2H])c([2H])c([2H])c3-c3c([2H])c([2H])c([2H])c4c([2H])c([2H])c([2H])c(c34)CC2)c([2H])c1[2H]. The molecule has 2 aliphatic carbocycles. The molecule has 0 heterocycles. The lowest BCUT2D eigenvalue weighted by molar-refractivity contribution is 0.447. The van der Waals surface area contributed by atoms with Crippen LogP contribution >= 0.6 is 0 Å². The first-order valence-corrected chi connectivity index (χ1v) is 12.4. The summed E-state index contributed by atoms with van der Waals surface area (Å²) in [5.41, 5.74) is -4.72. The molecule has 0 aliphatic heterocycles. The van der Waals surface area contributed by atoms with Crippen molar-refractivity contribution in [3.63, 3.8) is 0 Å². The van der Waals surface area contributed by atoms with Crippen LogP contribution in [0.15, 0.2) is 133 Å². The van der Waals surface area contributed by atoms with Crippen LogP contribution in [0.3, 0.4) is 0 Å². The van der Waals surface area contributed by atoms with Crippen molar-refractivity contribution in [1.29, 1.82) is 0 Å². The van der Waals surface area contributed by atoms with E-state index >= 15 is 0 Å². The van der Waals surface area contributed by atoms with E-state index in [1.54, 1.807) is 0 Å². The van der Waals surface area contributed by atoms with E-state index in [1.807, 2.05) is 0 Å². The van der Waals surface area contributed by atoms with Gasteiger partial charge in [0.05, 0.1) is 30.2 Å². The molecule has 0 nitrogen and oxygen atoms in total. The second-order valence-corrected chi connectivity index (χ2v) is 9.54. The minimum atomic E-state index is -1.86. The van der Waals surface area contributed by atoms with Crippen molar-refractivity contribution in [1.82, 2.24) is 0 Å². The molecule has 0 fully saturated rings. The van der Waals surface area contributed by atoms with E-state index in [1.165, 1.54) is 0 Å². The average Bonchev–Trinajstić information content (AvgIpc) is 3.53. The third-order valence-corrected chi connectivity index (χ3v) is 7.65. The molecular weight excluding hydrogens is 468 g/mol. The van der Waals surface area contributed by atoms with Gasteiger partial charge in [-0.15, -0.1) is 0 Å². The van der Waals surface area contributed by atoms with Crippen molar-refractivity contribution in [2.24, 2.45) is 0 Å². The predicted octanol–water partition coefficient (Wildman–Crippen LogP) is 10.0. The zero-order valence-electron chi connectivity index (χ0n) is 42.3. The normalized spacial score (nSPS) is 25.3. The van der Waals surface area contributed by atoms with Crippen LogP contribution < -0.4 is 0 Å². The van der Waals surface area contributed by atoms with Crippen molar-refractivity contribution in [2.45, 2.75) is 31.1 Å². The zero-order valence-corrected chi connectivity index (χ0v) is 20.3. The Kier molecular flexibility index (Phi) is 2.18. The summed E-state index contributed by atoms with van der Waals surface area (Å²) >= 11 is 0. The summed E-state index contributed by atoms with van der Waals surface area (Å²) in [6, 6.07) is -15.2. The van der Waals surface area contributed by atoms with Gasteiger partial charge in [-0.1, -0.05) is 127 Å². The molecule has 8 rings (SSSR count). The highest BCUT2D eigenvalue weighted by Crippen LogP contribution is 2.55. The predicted molar refractivity (Wildman–Crippen MR) is 164 cm³/mol. The monoisotopic (exact) mass is 520 g/mol. The molecule has 0 saturated carbocycles. The first-order valence-electron chi connectivity index (χ1n) is 23.4. The largest absolute Gasteiger partial charge is 0.0636 e. The van der Waals surface area contributed by atoms with Gasteiger partial charge in [-0.05, 0) is 98.1 Å². The molecule has 0 N–H and O–H groups in total. The molecule has 6 aromatic carbocycles. The minimum absolute atomic E-state index is 0.0945. The van der Waals surface area contributed by atoms with Crippen LogP contribution in [0.4, 0.5) is 0 Å². The fraction of sp³-hybridized carbons (Fsp3) is 0.128. The van der Waals surface area contributed by atoms with Crippen molar-refractivity contribution in [2.75, 3.05) is 0 Å². The summed E-state index contributed by atoms with van der Waals surface area (Å²) < 4.78 is 196. The van der Waals surface area contributed by atoms with Crippen LogP contribution in [0.2, 0.25) is 0 Å². The maximum atomic E-state index is 9.64. The van der Waals surface area contributed by atoms with Gasteiger partial charge in [0.1, 0.15) is 0 Å². The van der Waals surface area contributed by atoms with Crippen LogP contribution in [0, 0.1) is 0 Å². The lowest BCUT2D eigenvalue weighted by Crippen LogP contribution is -2.27. The Morgan fingerprint density at radius 1 is 0.462 bits per heavy atom. The van der Waals surface area contributed by atoms with E-state index in [4.69, 9.17) is 21.9 Å². The second kappa shape index (κ2) is 8.82. The Hall–Kier alpha value is -4.42. The van der Waals surface area contributed by atoms with Gasteiger partial charge in [-0.3, -0.25) is 0 Å². The molecule has 2 aliphatic rings. The van der Waals surface area contributed by atoms with Gasteiger partial charge in [0.2, 0.25) is 0 Å². The smallest absolute Gasteiger partial charge is 0.0622 e. The molecule has 0 amide bonds. The summed E-state index contributed by atoms with van der Waals surface area (Å²) in [5, 5.41) is -0.501. The molecule has 1 spiro atoms. The van der Waals surface area contributed by atoms with Crippen LogP contribution in [-0.2, 0) is 18.3 Å². The summed E-state index contributed by atoms with van der Waals surface area (Å²) in [6.45, 7) is 0. The van der Waals surface area contributed by atoms with E-state index in [9.17, 15) is 8.22 Å². The van der Waals surface area contributed by atoms with Gasteiger partial charge in [0, 0.05) is 5.41 Å². The summed E-state index contributed by atoms with van der Waals surface area (Å²) in [5.74, 6) is 0. The minimum Gasteiger partial charge on any atom is -0.0622 e. The number of hydrogen-bond acceptors (Lipinski definition) is 0. The number of aryl methyl sites for hydroxylation is 1. The van der Waals surface area contributed by atoms with E-state index in [-0.39, 0.29) is 81.0 Å². The molecule has 186 valence electrons. The van der Waals surface area contributed by atoms with Crippen molar-refractivity contribution in [3.8, 4) is 33.4 Å². The van der Waals surface area contributed by atoms with Gasteiger partial charge in [0.15, 0.2) is 0 Å². The number of rotatable bonds is 1. The number of hydrogen-bond donors (Lipinski definition) is 0. The molecule has 0 heteroatoms. The van der Waals surface area contributed by atoms with Crippen LogP contribution in [-0.4, -0.2) is 0 Å². The molecule has 0 bridgehead atoms. The van der Waals surface area contributed by atoms with Crippen LogP contribution in [0.1, 0.15) is 65.3 Å². The lowest BCUT2D eigenvalue weighted by Gasteiger charge is -2.34. The van der Waals surface area contributed by atoms with Gasteiger partial charge in [0.25, 0.3) is 0 Å². The maximum Gasteiger partial charge on any atom is 0.0636 e. The first-order chi connectivity index (χ1) is 28.5. The highest BCUT2D eigenvalue weighted by molar-refractivity contribution is 6.00. The number of fused-ring (bicyclic) bond motifs is 7. The quantitative estimate of drug-likeness (QED) is 0.202. The summed E-state index contributed by atoms with van der Waals surface area (Å²) in [6.07, 6.45) is -1.38. The van der Waals surface area contributed by atoms with Crippen molar-refractivity contribution in [3.05, 3.63) is 155 Å². The summed E-state index contributed by atoms with van der Waals surface area (Å²) in [7, 11) is 0. The lowest BCUT2D eigenvalue weighted by atomic mass is 9.69. The zero-order chi connectivity index (χ0) is 45.0. The third-order valence-electron chi connectivity index (χ3n) is 7.65. The van der Waals surface area contributed by atoms with Crippen molar-refractivity contribution < 1.29 is 30.2 Å². The highest BCUT2D eigenvalue weighted by Gasteiger charge is 2.42. The Morgan fingerprint density at radius 3 is 1.97 bits per heavy atom. The third kappa shape index (κ3) is 3.45. The molecular formula is C39H30. The Balaban J connectivity index is 1.59. The van der Waals surface area contributed by atoms with Crippen LogP contribution in [0.25, 0.3) is 44.2 Å².